The first-order valence-corrected chi connectivity index (χ1v) is 1.25. The summed E-state index contributed by atoms with van der Waals surface area (Å²) in [7, 11) is 0. The summed E-state index contributed by atoms with van der Waals surface area (Å²) in [6, 6.07) is 0. The van der Waals surface area contributed by atoms with Gasteiger partial charge in [-0.3, -0.25) is 0 Å². The molecule has 6 heavy (non-hydrogen) atoms. The van der Waals surface area contributed by atoms with Crippen LogP contribution in [0, 0.1) is 13.1 Å². The van der Waals surface area contributed by atoms with E-state index in [1.807, 2.05) is 0 Å². The van der Waals surface area contributed by atoms with Gasteiger partial charge in [0.2, 0.25) is 0 Å². The number of hydrogen-bond donors (Lipinski definition) is 0. The number of hydrogen-bond acceptors (Lipinski definition) is 0. The first-order chi connectivity index (χ1) is 2.81. The SMILES string of the molecule is [C-]#[N+]C(=C)[N+]#[C-]. The molecule has 0 rings (SSSR count). The van der Waals surface area contributed by atoms with E-state index in [2.05, 4.69) is 16.3 Å². The second-order valence-corrected chi connectivity index (χ2v) is 0.640. The highest BCUT2D eigenvalue weighted by Crippen LogP contribution is 1.88. The first kappa shape index (κ1) is 4.72. The molecule has 2 nitrogen and oxygen atoms in total. The zero-order chi connectivity index (χ0) is 4.99. The maximum Gasteiger partial charge on any atom is 0.512 e. The van der Waals surface area contributed by atoms with Crippen molar-refractivity contribution < 1.29 is 0 Å². The van der Waals surface area contributed by atoms with Crippen LogP contribution in [0.1, 0.15) is 0 Å². The van der Waals surface area contributed by atoms with Gasteiger partial charge in [-0.15, -0.1) is 0 Å². The van der Waals surface area contributed by atoms with Crippen LogP contribution in [0.2, 0.25) is 0 Å². The van der Waals surface area contributed by atoms with Crippen LogP contribution in [-0.2, 0) is 0 Å². The van der Waals surface area contributed by atoms with Gasteiger partial charge < -0.3 is 0 Å². The fraction of sp³-hybridized carbons (Fsp3) is 0. The highest BCUT2D eigenvalue weighted by Gasteiger charge is 1.87. The Labute approximate surface area is 36.3 Å². The molecule has 0 atom stereocenters. The molecule has 0 N–H and O–H groups in total. The zero-order valence-electron chi connectivity index (χ0n) is 3.10. The molecule has 0 amide bonds. The van der Waals surface area contributed by atoms with Gasteiger partial charge in [0.05, 0.1) is 0 Å². The minimum absolute atomic E-state index is 0.0741. The van der Waals surface area contributed by atoms with Gasteiger partial charge in [0.1, 0.15) is 13.1 Å². The van der Waals surface area contributed by atoms with Crippen molar-refractivity contribution in [1.82, 2.24) is 0 Å². The predicted molar refractivity (Wildman–Crippen MR) is 22.3 cm³/mol. The van der Waals surface area contributed by atoms with Crippen LogP contribution < -0.4 is 0 Å². The van der Waals surface area contributed by atoms with Gasteiger partial charge in [-0.1, -0.05) is 0 Å². The normalized spacial score (nSPS) is 5.00. The monoisotopic (exact) mass is 78.0 g/mol. The molecule has 0 aliphatic rings. The molecule has 0 aromatic heterocycles. The van der Waals surface area contributed by atoms with Crippen molar-refractivity contribution >= 4 is 0 Å². The van der Waals surface area contributed by atoms with Crippen molar-refractivity contribution in [2.45, 2.75) is 0 Å². The second kappa shape index (κ2) is 1.99. The molecule has 0 aromatic carbocycles. The minimum Gasteiger partial charge on any atom is -0.154 e. The molecule has 0 heterocycles. The van der Waals surface area contributed by atoms with Crippen LogP contribution in [0.3, 0.4) is 0 Å². The van der Waals surface area contributed by atoms with E-state index in [1.165, 1.54) is 0 Å². The molecule has 0 aliphatic carbocycles. The Morgan fingerprint density at radius 2 is 1.67 bits per heavy atom. The average Bonchev–Trinajstić information content (AvgIpc) is 1.65. The molecular weight excluding hydrogens is 76.1 g/mol. The third kappa shape index (κ3) is 1.09. The van der Waals surface area contributed by atoms with Gasteiger partial charge in [0, 0.05) is 0 Å². The van der Waals surface area contributed by atoms with Crippen molar-refractivity contribution in [3.63, 3.8) is 0 Å². The standard InChI is InChI=1S/C4H2N2/c1-4(5-2)6-3/h1H2. The summed E-state index contributed by atoms with van der Waals surface area (Å²) in [6.45, 7) is 15.3. The van der Waals surface area contributed by atoms with Crippen molar-refractivity contribution in [1.29, 1.82) is 0 Å². The Bertz CT molecular complexity index is 117. The molecule has 0 aromatic rings. The topological polar surface area (TPSA) is 8.72 Å². The maximum atomic E-state index is 6.12. The lowest BCUT2D eigenvalue weighted by atomic mass is 10.9. The summed E-state index contributed by atoms with van der Waals surface area (Å²) < 4.78 is 0. The molecule has 0 radical (unpaired) electrons. The Kier molecular flexibility index (Phi) is 1.56. The van der Waals surface area contributed by atoms with E-state index in [0.717, 1.165) is 0 Å². The van der Waals surface area contributed by atoms with Crippen LogP contribution in [0.25, 0.3) is 9.69 Å². The lowest BCUT2D eigenvalue weighted by Gasteiger charge is -1.53. The summed E-state index contributed by atoms with van der Waals surface area (Å²) in [5.41, 5.74) is 0. The smallest absolute Gasteiger partial charge is 0.154 e. The van der Waals surface area contributed by atoms with Gasteiger partial charge >= 0.3 is 5.82 Å². The van der Waals surface area contributed by atoms with Crippen molar-refractivity contribution in [3.8, 4) is 0 Å². The third-order valence-electron chi connectivity index (χ3n) is 0.258. The molecule has 0 bridgehead atoms. The van der Waals surface area contributed by atoms with Crippen LogP contribution in [0.5, 0.6) is 0 Å². The summed E-state index contributed by atoms with van der Waals surface area (Å²) in [6.07, 6.45) is 0. The Morgan fingerprint density at radius 3 is 1.67 bits per heavy atom. The van der Waals surface area contributed by atoms with Crippen molar-refractivity contribution in [2.24, 2.45) is 0 Å². The van der Waals surface area contributed by atoms with Gasteiger partial charge in [0.15, 0.2) is 0 Å². The van der Waals surface area contributed by atoms with E-state index in [9.17, 15) is 0 Å². The predicted octanol–water partition coefficient (Wildman–Crippen LogP) is 1.30. The van der Waals surface area contributed by atoms with E-state index >= 15 is 0 Å². The molecule has 0 unspecified atom stereocenters. The lowest BCUT2D eigenvalue weighted by Crippen LogP contribution is -1.46. The maximum absolute atomic E-state index is 6.12. The molecule has 0 saturated heterocycles. The van der Waals surface area contributed by atoms with Gasteiger partial charge in [-0.25, -0.2) is 0 Å². The largest absolute Gasteiger partial charge is 0.512 e. The average molecular weight is 78.1 g/mol. The van der Waals surface area contributed by atoms with E-state index in [1.54, 1.807) is 0 Å². The third-order valence-corrected chi connectivity index (χ3v) is 0.258. The van der Waals surface area contributed by atoms with Gasteiger partial charge in [-0.05, 0) is 6.58 Å². The van der Waals surface area contributed by atoms with Gasteiger partial charge in [0.25, 0.3) is 0 Å². The molecule has 0 spiro atoms. The fourth-order valence-electron chi connectivity index (χ4n) is 0.0250. The van der Waals surface area contributed by atoms with E-state index in [0.29, 0.717) is 0 Å². The highest BCUT2D eigenvalue weighted by molar-refractivity contribution is 5.11. The van der Waals surface area contributed by atoms with Crippen molar-refractivity contribution in [3.05, 3.63) is 35.2 Å². The van der Waals surface area contributed by atoms with Crippen molar-refractivity contribution in [2.75, 3.05) is 0 Å². The van der Waals surface area contributed by atoms with Crippen LogP contribution in [-0.4, -0.2) is 0 Å². The number of nitrogens with zero attached hydrogens (tertiary/aromatic N) is 2. The summed E-state index contributed by atoms with van der Waals surface area (Å²) in [4.78, 5) is 5.42. The Morgan fingerprint density at radius 1 is 1.33 bits per heavy atom. The van der Waals surface area contributed by atoms with Crippen LogP contribution >= 0.6 is 0 Å². The highest BCUT2D eigenvalue weighted by atomic mass is 14.9. The molecule has 28 valence electrons. The van der Waals surface area contributed by atoms with Crippen LogP contribution in [0.4, 0.5) is 0 Å². The summed E-state index contributed by atoms with van der Waals surface area (Å²) in [5.74, 6) is -0.0741. The van der Waals surface area contributed by atoms with Crippen LogP contribution in [0.15, 0.2) is 12.4 Å². The lowest BCUT2D eigenvalue weighted by molar-refractivity contribution is 1.77. The summed E-state index contributed by atoms with van der Waals surface area (Å²) in [5, 5.41) is 0. The first-order valence-electron chi connectivity index (χ1n) is 1.25. The number of rotatable bonds is 0. The summed E-state index contributed by atoms with van der Waals surface area (Å²) >= 11 is 0. The van der Waals surface area contributed by atoms with E-state index < -0.39 is 0 Å². The molecular formula is C4H2N2. The Balaban J connectivity index is 3.75. The minimum atomic E-state index is -0.0741. The second-order valence-electron chi connectivity index (χ2n) is 0.640. The van der Waals surface area contributed by atoms with E-state index in [-0.39, 0.29) is 5.82 Å². The fourth-order valence-corrected chi connectivity index (χ4v) is 0.0250. The van der Waals surface area contributed by atoms with E-state index in [4.69, 9.17) is 13.1 Å². The zero-order valence-corrected chi connectivity index (χ0v) is 3.10. The molecule has 2 heteroatoms. The molecule has 0 aliphatic heterocycles. The van der Waals surface area contributed by atoms with Gasteiger partial charge in [-0.2, -0.15) is 9.69 Å². The Hall–Kier alpha value is -1.28. The quantitative estimate of drug-likeness (QED) is 0.386. The molecule has 0 fully saturated rings. The molecule has 0 saturated carbocycles.